The number of carbonyl (C=O) groups excluding carboxylic acids is 2. The Morgan fingerprint density at radius 2 is 1.87 bits per heavy atom. The van der Waals surface area contributed by atoms with E-state index in [1.54, 1.807) is 0 Å². The number of aromatic hydroxyl groups is 1. The molecule has 0 bridgehead atoms. The number of esters is 1. The highest BCUT2D eigenvalue weighted by Crippen LogP contribution is 2.27. The number of methoxy groups -OCH3 is 1. The van der Waals surface area contributed by atoms with E-state index < -0.39 is 29.8 Å². The zero-order valence-corrected chi connectivity index (χ0v) is 17.6. The average molecular weight is 416 g/mol. The Hall–Kier alpha value is -3.29. The van der Waals surface area contributed by atoms with Crippen LogP contribution in [-0.2, 0) is 9.53 Å². The highest BCUT2D eigenvalue weighted by atomic mass is 16.6. The van der Waals surface area contributed by atoms with E-state index in [-0.39, 0.29) is 17.5 Å². The van der Waals surface area contributed by atoms with Crippen molar-refractivity contribution < 1.29 is 28.9 Å². The molecule has 8 heteroatoms. The largest absolute Gasteiger partial charge is 0.503 e. The number of pyridine rings is 1. The van der Waals surface area contributed by atoms with E-state index in [0.717, 1.165) is 6.42 Å². The number of nitrogens with zero attached hydrogens (tertiary/aromatic N) is 1. The Morgan fingerprint density at radius 3 is 2.50 bits per heavy atom. The Bertz CT molecular complexity index is 843. The first kappa shape index (κ1) is 23.0. The van der Waals surface area contributed by atoms with Crippen molar-refractivity contribution in [3.63, 3.8) is 0 Å². The molecule has 8 nitrogen and oxygen atoms in total. The number of benzene rings is 1. The van der Waals surface area contributed by atoms with Gasteiger partial charge in [-0.2, -0.15) is 0 Å². The van der Waals surface area contributed by atoms with Crippen LogP contribution in [0.25, 0.3) is 0 Å². The minimum atomic E-state index is -0.951. The maximum Gasteiger partial charge on any atom is 0.328 e. The van der Waals surface area contributed by atoms with Crippen molar-refractivity contribution >= 4 is 11.9 Å². The first-order chi connectivity index (χ1) is 14.4. The fourth-order valence-electron chi connectivity index (χ4n) is 2.81. The number of amides is 1. The van der Waals surface area contributed by atoms with Gasteiger partial charge >= 0.3 is 5.97 Å². The van der Waals surface area contributed by atoms with Gasteiger partial charge in [0.05, 0.1) is 7.11 Å². The molecular weight excluding hydrogens is 388 g/mol. The van der Waals surface area contributed by atoms with Gasteiger partial charge in [-0.25, -0.2) is 9.78 Å². The van der Waals surface area contributed by atoms with Crippen LogP contribution >= 0.6 is 0 Å². The van der Waals surface area contributed by atoms with Crippen LogP contribution in [0.1, 0.15) is 44.1 Å². The molecule has 0 aliphatic heterocycles. The maximum atomic E-state index is 12.6. The Kier molecular flexibility index (Phi) is 8.46. The summed E-state index contributed by atoms with van der Waals surface area (Å²) >= 11 is 0. The monoisotopic (exact) mass is 416 g/mol. The van der Waals surface area contributed by atoms with E-state index in [2.05, 4.69) is 10.3 Å². The zero-order valence-electron chi connectivity index (χ0n) is 17.6. The van der Waals surface area contributed by atoms with Gasteiger partial charge < -0.3 is 24.6 Å². The molecule has 1 aromatic carbocycles. The summed E-state index contributed by atoms with van der Waals surface area (Å²) in [5.74, 6) is -0.917. The molecule has 0 aliphatic carbocycles. The summed E-state index contributed by atoms with van der Waals surface area (Å²) in [5, 5.41) is 12.5. The van der Waals surface area contributed by atoms with Crippen molar-refractivity contribution in [2.45, 2.75) is 51.9 Å². The summed E-state index contributed by atoms with van der Waals surface area (Å²) in [5.41, 5.74) is -0.236. The van der Waals surface area contributed by atoms with Gasteiger partial charge in [0.25, 0.3) is 5.91 Å². The third-order valence-electron chi connectivity index (χ3n) is 4.45. The Balaban J connectivity index is 2.00. The normalized spacial score (nSPS) is 13.6. The third-order valence-corrected chi connectivity index (χ3v) is 4.45. The highest BCUT2D eigenvalue weighted by molar-refractivity contribution is 5.97. The Labute approximate surface area is 176 Å². The van der Waals surface area contributed by atoms with Gasteiger partial charge in [0, 0.05) is 12.3 Å². The molecule has 30 heavy (non-hydrogen) atoms. The Morgan fingerprint density at radius 1 is 1.17 bits per heavy atom. The fraction of sp³-hybridized carbons (Fsp3) is 0.409. The minimum absolute atomic E-state index is 0.111. The molecule has 0 saturated heterocycles. The fourth-order valence-corrected chi connectivity index (χ4v) is 2.81. The van der Waals surface area contributed by atoms with E-state index in [0.29, 0.717) is 12.2 Å². The van der Waals surface area contributed by atoms with Crippen molar-refractivity contribution in [3.8, 4) is 17.2 Å². The van der Waals surface area contributed by atoms with Gasteiger partial charge in [0.2, 0.25) is 0 Å². The van der Waals surface area contributed by atoms with E-state index >= 15 is 0 Å². The molecule has 1 aromatic heterocycles. The first-order valence-corrected chi connectivity index (χ1v) is 9.82. The number of hydrogen-bond acceptors (Lipinski definition) is 7. The average Bonchev–Trinajstić information content (AvgIpc) is 2.74. The van der Waals surface area contributed by atoms with Crippen molar-refractivity contribution in [2.75, 3.05) is 7.11 Å². The molecule has 0 aliphatic rings. The van der Waals surface area contributed by atoms with E-state index in [9.17, 15) is 14.7 Å². The first-order valence-electron chi connectivity index (χ1n) is 9.82. The van der Waals surface area contributed by atoms with Gasteiger partial charge in [0.15, 0.2) is 17.2 Å². The summed E-state index contributed by atoms with van der Waals surface area (Å²) in [6, 6.07) is 9.75. The van der Waals surface area contributed by atoms with Crippen molar-refractivity contribution in [1.82, 2.24) is 10.3 Å². The van der Waals surface area contributed by atoms with Crippen molar-refractivity contribution in [1.29, 1.82) is 0 Å². The lowest BCUT2D eigenvalue weighted by Gasteiger charge is -2.26. The van der Waals surface area contributed by atoms with Gasteiger partial charge in [-0.1, -0.05) is 31.5 Å². The molecule has 0 saturated carbocycles. The second kappa shape index (κ2) is 11.0. The summed E-state index contributed by atoms with van der Waals surface area (Å²) in [6.07, 6.45) is 1.88. The lowest BCUT2D eigenvalue weighted by molar-refractivity contribution is -0.155. The summed E-state index contributed by atoms with van der Waals surface area (Å²) in [4.78, 5) is 28.8. The lowest BCUT2D eigenvalue weighted by Crippen LogP contribution is -2.43. The van der Waals surface area contributed by atoms with Crippen LogP contribution in [0.2, 0.25) is 0 Å². The number of para-hydroxylation sites is 1. The number of aromatic nitrogens is 1. The number of ether oxygens (including phenoxy) is 3. The summed E-state index contributed by atoms with van der Waals surface area (Å²) in [7, 11) is 1.36. The zero-order chi connectivity index (χ0) is 22.1. The highest BCUT2D eigenvalue weighted by Gasteiger charge is 2.27. The van der Waals surface area contributed by atoms with E-state index in [1.807, 2.05) is 44.2 Å². The second-order valence-corrected chi connectivity index (χ2v) is 6.81. The predicted molar refractivity (Wildman–Crippen MR) is 111 cm³/mol. The molecule has 1 heterocycles. The topological polar surface area (TPSA) is 107 Å². The van der Waals surface area contributed by atoms with Crippen molar-refractivity contribution in [2.24, 2.45) is 0 Å². The third kappa shape index (κ3) is 6.10. The van der Waals surface area contributed by atoms with Crippen LogP contribution in [0.3, 0.4) is 0 Å². The van der Waals surface area contributed by atoms with Crippen LogP contribution in [0.4, 0.5) is 0 Å². The number of rotatable bonds is 10. The minimum Gasteiger partial charge on any atom is -0.503 e. The van der Waals surface area contributed by atoms with E-state index in [4.69, 9.17) is 14.2 Å². The molecule has 2 N–H and O–H groups in total. The van der Waals surface area contributed by atoms with E-state index in [1.165, 1.54) is 26.3 Å². The maximum absolute atomic E-state index is 12.6. The molecule has 0 radical (unpaired) electrons. The standard InChI is InChI=1S/C22H28N2O6/c1-5-9-17(15(3)29-16-10-7-6-8-11-16)30-22(27)14(2)24-21(26)19-20(25)18(28-4)12-13-23-19/h6-8,10-15,17,25H,5,9H2,1-4H3,(H,24,26)/t14-,15+,17-/m0/s1. The lowest BCUT2D eigenvalue weighted by atomic mass is 10.1. The van der Waals surface area contributed by atoms with Gasteiger partial charge in [-0.15, -0.1) is 0 Å². The molecule has 1 amide bonds. The summed E-state index contributed by atoms with van der Waals surface area (Å²) < 4.78 is 16.5. The smallest absolute Gasteiger partial charge is 0.328 e. The van der Waals surface area contributed by atoms with Gasteiger partial charge in [0.1, 0.15) is 24.0 Å². The molecule has 2 aromatic rings. The molecule has 162 valence electrons. The number of carbonyl (C=O) groups is 2. The quantitative estimate of drug-likeness (QED) is 0.573. The van der Waals surface area contributed by atoms with Crippen LogP contribution in [0, 0.1) is 0 Å². The molecule has 2 rings (SSSR count). The number of hydrogen-bond donors (Lipinski definition) is 2. The molecule has 0 unspecified atom stereocenters. The van der Waals surface area contributed by atoms with Gasteiger partial charge in [-0.3, -0.25) is 4.79 Å². The molecule has 0 fully saturated rings. The molecule has 0 spiro atoms. The number of nitrogens with one attached hydrogen (secondary N) is 1. The van der Waals surface area contributed by atoms with Crippen LogP contribution < -0.4 is 14.8 Å². The summed E-state index contributed by atoms with van der Waals surface area (Å²) in [6.45, 7) is 5.32. The van der Waals surface area contributed by atoms with Crippen molar-refractivity contribution in [3.05, 3.63) is 48.3 Å². The van der Waals surface area contributed by atoms with Crippen LogP contribution in [-0.4, -0.2) is 47.3 Å². The molecular formula is C22H28N2O6. The second-order valence-electron chi connectivity index (χ2n) is 6.81. The van der Waals surface area contributed by atoms with Crippen LogP contribution in [0.15, 0.2) is 42.6 Å². The predicted octanol–water partition coefficient (Wildman–Crippen LogP) is 3.09. The molecule has 3 atom stereocenters. The SMILES string of the molecule is CCC[C@H](OC(=O)[C@H](C)NC(=O)c1nccc(OC)c1O)[C@@H](C)Oc1ccccc1. The van der Waals surface area contributed by atoms with Gasteiger partial charge in [-0.05, 0) is 32.4 Å². The van der Waals surface area contributed by atoms with Crippen LogP contribution in [0.5, 0.6) is 17.2 Å².